The first-order valence-corrected chi connectivity index (χ1v) is 7.92. The molecule has 1 aliphatic rings. The Morgan fingerprint density at radius 1 is 1.23 bits per heavy atom. The van der Waals surface area contributed by atoms with E-state index >= 15 is 0 Å². The lowest BCUT2D eigenvalue weighted by atomic mass is 10.1. The molecule has 0 unspecified atom stereocenters. The molecule has 110 valence electrons. The molecular formula is C17H15N3OS. The molecule has 0 radical (unpaired) electrons. The first kappa shape index (κ1) is 13.3. The normalized spacial score (nSPS) is 16.0. The number of amides is 1. The molecule has 5 heteroatoms. The zero-order chi connectivity index (χ0) is 15.4. The number of anilines is 1. The highest BCUT2D eigenvalue weighted by atomic mass is 32.1. The van der Waals surface area contributed by atoms with Gasteiger partial charge in [-0.15, -0.1) is 11.3 Å². The number of thiazole rings is 1. The van der Waals surface area contributed by atoms with E-state index in [1.165, 1.54) is 4.88 Å². The number of benzene rings is 1. The number of nitrogens with zero attached hydrogens (tertiary/aromatic N) is 3. The van der Waals surface area contributed by atoms with Gasteiger partial charge in [-0.25, -0.2) is 4.98 Å². The van der Waals surface area contributed by atoms with Crippen molar-refractivity contribution in [1.29, 1.82) is 0 Å². The van der Waals surface area contributed by atoms with Crippen LogP contribution < -0.4 is 4.90 Å². The highest BCUT2D eigenvalue weighted by Gasteiger charge is 2.29. The van der Waals surface area contributed by atoms with Crippen LogP contribution in [0.15, 0.2) is 30.5 Å². The number of likely N-dealkylation sites (N-methyl/N-ethyl adjacent to an activating group) is 1. The third-order valence-corrected chi connectivity index (χ3v) is 4.93. The summed E-state index contributed by atoms with van der Waals surface area (Å²) in [6.45, 7) is 4.05. The number of fused-ring (bicyclic) bond motifs is 2. The molecule has 0 bridgehead atoms. The van der Waals surface area contributed by atoms with Gasteiger partial charge >= 0.3 is 0 Å². The minimum Gasteiger partial charge on any atom is -0.311 e. The van der Waals surface area contributed by atoms with Gasteiger partial charge in [0.05, 0.1) is 22.6 Å². The smallest absolute Gasteiger partial charge is 0.258 e. The lowest BCUT2D eigenvalue weighted by Gasteiger charge is -2.07. The Hall–Kier alpha value is -2.40. The van der Waals surface area contributed by atoms with Crippen molar-refractivity contribution in [2.24, 2.45) is 0 Å². The Balaban J connectivity index is 1.95. The van der Waals surface area contributed by atoms with Gasteiger partial charge in [0, 0.05) is 23.7 Å². The van der Waals surface area contributed by atoms with Crippen LogP contribution in [0, 0.1) is 13.8 Å². The molecule has 22 heavy (non-hydrogen) atoms. The Morgan fingerprint density at radius 3 is 2.82 bits per heavy atom. The van der Waals surface area contributed by atoms with Gasteiger partial charge in [0.25, 0.3) is 5.91 Å². The van der Waals surface area contributed by atoms with E-state index in [2.05, 4.69) is 22.5 Å². The predicted octanol–water partition coefficient (Wildman–Crippen LogP) is 3.53. The molecule has 1 aliphatic heterocycles. The number of hydrogen-bond donors (Lipinski definition) is 0. The molecule has 0 aliphatic carbocycles. The summed E-state index contributed by atoms with van der Waals surface area (Å²) in [7, 11) is 1.82. The van der Waals surface area contributed by atoms with Crippen LogP contribution >= 0.6 is 11.3 Å². The average Bonchev–Trinajstić information content (AvgIpc) is 3.06. The van der Waals surface area contributed by atoms with E-state index in [1.54, 1.807) is 16.2 Å². The third kappa shape index (κ3) is 1.75. The maximum atomic E-state index is 12.6. The van der Waals surface area contributed by atoms with Crippen molar-refractivity contribution < 1.29 is 4.79 Å². The number of rotatable bonds is 1. The van der Waals surface area contributed by atoms with E-state index in [0.717, 1.165) is 33.2 Å². The van der Waals surface area contributed by atoms with Crippen molar-refractivity contribution in [3.63, 3.8) is 0 Å². The second-order valence-corrected chi connectivity index (χ2v) is 6.73. The first-order valence-electron chi connectivity index (χ1n) is 7.10. The molecular weight excluding hydrogens is 294 g/mol. The largest absolute Gasteiger partial charge is 0.311 e. The van der Waals surface area contributed by atoms with Crippen LogP contribution in [0.2, 0.25) is 0 Å². The Bertz CT molecular complexity index is 948. The van der Waals surface area contributed by atoms with Crippen LogP contribution in [0.5, 0.6) is 0 Å². The summed E-state index contributed by atoms with van der Waals surface area (Å²) >= 11 is 1.66. The van der Waals surface area contributed by atoms with Gasteiger partial charge in [-0.2, -0.15) is 0 Å². The monoisotopic (exact) mass is 309 g/mol. The van der Waals surface area contributed by atoms with Gasteiger partial charge in [-0.1, -0.05) is 18.2 Å². The molecule has 3 aromatic rings. The number of carbonyl (C=O) groups excluding carboxylic acids is 1. The molecule has 2 aromatic heterocycles. The van der Waals surface area contributed by atoms with Crippen molar-refractivity contribution in [2.45, 2.75) is 13.8 Å². The van der Waals surface area contributed by atoms with Crippen molar-refractivity contribution in [3.8, 4) is 0 Å². The average molecular weight is 309 g/mol. The van der Waals surface area contributed by atoms with E-state index in [9.17, 15) is 4.79 Å². The zero-order valence-electron chi connectivity index (χ0n) is 12.6. The van der Waals surface area contributed by atoms with Crippen molar-refractivity contribution in [1.82, 2.24) is 9.38 Å². The van der Waals surface area contributed by atoms with Crippen LogP contribution in [-0.2, 0) is 4.79 Å². The van der Waals surface area contributed by atoms with Crippen LogP contribution in [-0.4, -0.2) is 22.3 Å². The molecule has 1 amide bonds. The van der Waals surface area contributed by atoms with Crippen molar-refractivity contribution >= 4 is 39.5 Å². The Labute approximate surface area is 132 Å². The highest BCUT2D eigenvalue weighted by Crippen LogP contribution is 2.37. The molecule has 0 saturated heterocycles. The molecule has 4 rings (SSSR count). The molecule has 0 atom stereocenters. The van der Waals surface area contributed by atoms with E-state index in [0.29, 0.717) is 0 Å². The molecule has 0 spiro atoms. The molecule has 0 saturated carbocycles. The standard InChI is InChI=1S/C17H15N3OS/c1-10-9-20-15(11(2)18-17(20)22-10)8-13-12-6-4-5-7-14(12)19(3)16(13)21/h4-9H,1-3H3/b13-8+. The second kappa shape index (κ2) is 4.55. The summed E-state index contributed by atoms with van der Waals surface area (Å²) in [6.07, 6.45) is 4.04. The lowest BCUT2D eigenvalue weighted by molar-refractivity contribution is -0.112. The zero-order valence-corrected chi connectivity index (χ0v) is 13.4. The fourth-order valence-corrected chi connectivity index (χ4v) is 3.81. The maximum absolute atomic E-state index is 12.6. The molecule has 0 N–H and O–H groups in total. The molecule has 1 aromatic carbocycles. The van der Waals surface area contributed by atoms with Gasteiger partial charge in [-0.3, -0.25) is 9.20 Å². The van der Waals surface area contributed by atoms with E-state index < -0.39 is 0 Å². The molecule has 3 heterocycles. The SMILES string of the molecule is Cc1cn2c(/C=C3/C(=O)N(C)c4ccccc43)c(C)nc2s1. The summed E-state index contributed by atoms with van der Waals surface area (Å²) in [4.78, 5) is 21.0. The Morgan fingerprint density at radius 2 is 2.00 bits per heavy atom. The summed E-state index contributed by atoms with van der Waals surface area (Å²) < 4.78 is 2.07. The summed E-state index contributed by atoms with van der Waals surface area (Å²) in [5.41, 5.74) is 4.59. The predicted molar refractivity (Wildman–Crippen MR) is 90.3 cm³/mol. The van der Waals surface area contributed by atoms with E-state index in [-0.39, 0.29) is 5.91 Å². The van der Waals surface area contributed by atoms with Gasteiger partial charge in [-0.05, 0) is 26.0 Å². The number of carbonyl (C=O) groups is 1. The van der Waals surface area contributed by atoms with Gasteiger partial charge in [0.1, 0.15) is 0 Å². The minimum atomic E-state index is 0.0301. The molecule has 4 nitrogen and oxygen atoms in total. The number of hydrogen-bond acceptors (Lipinski definition) is 3. The highest BCUT2D eigenvalue weighted by molar-refractivity contribution is 7.17. The fourth-order valence-electron chi connectivity index (χ4n) is 2.93. The first-order chi connectivity index (χ1) is 10.6. The van der Waals surface area contributed by atoms with Crippen LogP contribution in [0.25, 0.3) is 16.6 Å². The number of aryl methyl sites for hydroxylation is 2. The van der Waals surface area contributed by atoms with Gasteiger partial charge < -0.3 is 4.90 Å². The number of aromatic nitrogens is 2. The fraction of sp³-hybridized carbons (Fsp3) is 0.176. The van der Waals surface area contributed by atoms with Crippen LogP contribution in [0.3, 0.4) is 0 Å². The molecule has 0 fully saturated rings. The summed E-state index contributed by atoms with van der Waals surface area (Å²) in [6, 6.07) is 7.89. The van der Waals surface area contributed by atoms with Gasteiger partial charge in [0.15, 0.2) is 4.96 Å². The van der Waals surface area contributed by atoms with Crippen molar-refractivity contribution in [3.05, 3.63) is 52.3 Å². The van der Waals surface area contributed by atoms with Crippen LogP contribution in [0.4, 0.5) is 5.69 Å². The van der Waals surface area contributed by atoms with Crippen LogP contribution in [0.1, 0.15) is 21.8 Å². The summed E-state index contributed by atoms with van der Waals surface area (Å²) in [5.74, 6) is 0.0301. The topological polar surface area (TPSA) is 37.6 Å². The third-order valence-electron chi connectivity index (χ3n) is 4.03. The quantitative estimate of drug-likeness (QED) is 0.645. The lowest BCUT2D eigenvalue weighted by Crippen LogP contribution is -2.20. The second-order valence-electron chi connectivity index (χ2n) is 5.52. The Kier molecular flexibility index (Phi) is 2.74. The van der Waals surface area contributed by atoms with E-state index in [1.807, 2.05) is 44.3 Å². The number of imidazole rings is 1. The maximum Gasteiger partial charge on any atom is 0.258 e. The summed E-state index contributed by atoms with van der Waals surface area (Å²) in [5, 5.41) is 0. The van der Waals surface area contributed by atoms with E-state index in [4.69, 9.17) is 0 Å². The minimum absolute atomic E-state index is 0.0301. The van der Waals surface area contributed by atoms with Gasteiger partial charge in [0.2, 0.25) is 0 Å². The number of para-hydroxylation sites is 1. The van der Waals surface area contributed by atoms with Crippen molar-refractivity contribution in [2.75, 3.05) is 11.9 Å².